The highest BCUT2D eigenvalue weighted by Crippen LogP contribution is 2.27. The van der Waals surface area contributed by atoms with Crippen LogP contribution in [-0.2, 0) is 25.7 Å². The van der Waals surface area contributed by atoms with Crippen molar-refractivity contribution >= 4 is 6.16 Å². The van der Waals surface area contributed by atoms with Gasteiger partial charge in [0, 0.05) is 0 Å². The molecule has 0 aliphatic heterocycles. The summed E-state index contributed by atoms with van der Waals surface area (Å²) in [5.41, 5.74) is 4.93. The maximum Gasteiger partial charge on any atom is 0.519 e. The lowest BCUT2D eigenvalue weighted by atomic mass is 9.99. The van der Waals surface area contributed by atoms with Crippen LogP contribution in [0.2, 0.25) is 0 Å². The second-order valence-electron chi connectivity index (χ2n) is 11.6. The molecule has 0 atom stereocenters. The molecule has 0 amide bonds. The molecule has 0 heterocycles. The van der Waals surface area contributed by atoms with E-state index in [9.17, 15) is 4.79 Å². The zero-order valence-electron chi connectivity index (χ0n) is 26.3. The van der Waals surface area contributed by atoms with Gasteiger partial charge in [0.1, 0.15) is 11.5 Å². The van der Waals surface area contributed by atoms with Crippen molar-refractivity contribution in [3.63, 3.8) is 0 Å². The van der Waals surface area contributed by atoms with E-state index in [0.717, 1.165) is 49.7 Å². The van der Waals surface area contributed by atoms with Crippen molar-refractivity contribution in [3.05, 3.63) is 58.7 Å². The minimum atomic E-state index is -0.629. The lowest BCUT2D eigenvalue weighted by Gasteiger charge is -2.15. The van der Waals surface area contributed by atoms with Gasteiger partial charge in [-0.3, -0.25) is 0 Å². The lowest BCUT2D eigenvalue weighted by molar-refractivity contribution is 0.151. The summed E-state index contributed by atoms with van der Waals surface area (Å²) in [6.07, 6.45) is 23.0. The zero-order chi connectivity index (χ0) is 28.8. The van der Waals surface area contributed by atoms with Gasteiger partial charge in [0.2, 0.25) is 0 Å². The van der Waals surface area contributed by atoms with E-state index in [1.807, 2.05) is 12.1 Å². The molecular weight excluding hydrogens is 492 g/mol. The summed E-state index contributed by atoms with van der Waals surface area (Å²) < 4.78 is 11.7. The molecule has 0 unspecified atom stereocenters. The molecule has 0 spiro atoms. The van der Waals surface area contributed by atoms with Crippen LogP contribution < -0.4 is 9.47 Å². The zero-order valence-corrected chi connectivity index (χ0v) is 26.3. The van der Waals surface area contributed by atoms with E-state index in [4.69, 9.17) is 9.47 Å². The molecule has 3 nitrogen and oxygen atoms in total. The van der Waals surface area contributed by atoms with Crippen LogP contribution in [0, 0.1) is 0 Å². The normalized spacial score (nSPS) is 11.1. The molecule has 0 bridgehead atoms. The lowest BCUT2D eigenvalue weighted by Crippen LogP contribution is -2.16. The van der Waals surface area contributed by atoms with Crippen molar-refractivity contribution in [2.45, 2.75) is 156 Å². The van der Waals surface area contributed by atoms with Gasteiger partial charge in [-0.1, -0.05) is 129 Å². The molecule has 0 radical (unpaired) electrons. The maximum atomic E-state index is 13.1. The van der Waals surface area contributed by atoms with E-state index in [1.165, 1.54) is 101 Å². The van der Waals surface area contributed by atoms with Crippen LogP contribution >= 0.6 is 0 Å². The third-order valence-corrected chi connectivity index (χ3v) is 7.87. The van der Waals surface area contributed by atoms with E-state index in [-0.39, 0.29) is 0 Å². The Bertz CT molecular complexity index is 873. The van der Waals surface area contributed by atoms with Gasteiger partial charge in [0.05, 0.1) is 0 Å². The predicted molar refractivity (Wildman–Crippen MR) is 171 cm³/mol. The number of carbonyl (C=O) groups is 1. The molecule has 0 saturated carbocycles. The molecule has 2 aromatic carbocycles. The third-order valence-electron chi connectivity index (χ3n) is 7.87. The number of rotatable bonds is 22. The molecule has 0 fully saturated rings. The van der Waals surface area contributed by atoms with Gasteiger partial charge < -0.3 is 9.47 Å². The largest absolute Gasteiger partial charge is 0.519 e. The molecule has 0 saturated heterocycles. The van der Waals surface area contributed by atoms with Gasteiger partial charge in [-0.15, -0.1) is 0 Å². The summed E-state index contributed by atoms with van der Waals surface area (Å²) in [4.78, 5) is 13.1. The van der Waals surface area contributed by atoms with Gasteiger partial charge in [-0.2, -0.15) is 0 Å². The summed E-state index contributed by atoms with van der Waals surface area (Å²) in [6, 6.07) is 12.7. The number of aryl methyl sites for hydroxylation is 4. The molecule has 0 aliphatic carbocycles. The molecule has 2 rings (SSSR count). The van der Waals surface area contributed by atoms with Crippen molar-refractivity contribution < 1.29 is 14.3 Å². The molecular formula is C37H58O3. The number of unbranched alkanes of at least 4 members (excludes halogenated alkanes) is 12. The van der Waals surface area contributed by atoms with Crippen LogP contribution in [-0.4, -0.2) is 6.16 Å². The SMILES string of the molecule is CCCCCCc1ccc(OC(=O)Oc2ccc(CCCCCC)cc2CCCCCC)c(CCCCCC)c1. The third kappa shape index (κ3) is 13.9. The average Bonchev–Trinajstić information content (AvgIpc) is 2.96. The molecule has 0 aliphatic rings. The van der Waals surface area contributed by atoms with E-state index < -0.39 is 6.16 Å². The first kappa shape index (κ1) is 33.9. The summed E-state index contributed by atoms with van der Waals surface area (Å²) in [5, 5.41) is 0. The Balaban J connectivity index is 2.11. The molecule has 2 aromatic rings. The Morgan fingerprint density at radius 2 is 0.825 bits per heavy atom. The maximum absolute atomic E-state index is 13.1. The fraction of sp³-hybridized carbons (Fsp3) is 0.649. The number of benzene rings is 2. The quantitative estimate of drug-likeness (QED) is 0.0830. The Morgan fingerprint density at radius 1 is 0.475 bits per heavy atom. The van der Waals surface area contributed by atoms with E-state index in [0.29, 0.717) is 11.5 Å². The minimum absolute atomic E-state index is 0.629. The Labute approximate surface area is 246 Å². The highest BCUT2D eigenvalue weighted by Gasteiger charge is 2.15. The van der Waals surface area contributed by atoms with Crippen LogP contribution in [0.4, 0.5) is 4.79 Å². The number of hydrogen-bond donors (Lipinski definition) is 0. The van der Waals surface area contributed by atoms with Crippen LogP contribution in [0.25, 0.3) is 0 Å². The first-order valence-electron chi connectivity index (χ1n) is 16.7. The fourth-order valence-electron chi connectivity index (χ4n) is 5.36. The Hall–Kier alpha value is -2.29. The van der Waals surface area contributed by atoms with Crippen LogP contribution in [0.3, 0.4) is 0 Å². The van der Waals surface area contributed by atoms with Crippen LogP contribution in [0.1, 0.15) is 153 Å². The average molecular weight is 551 g/mol. The Kier molecular flexibility index (Phi) is 18.2. The van der Waals surface area contributed by atoms with Crippen molar-refractivity contribution in [1.82, 2.24) is 0 Å². The number of ether oxygens (including phenoxy) is 2. The molecule has 224 valence electrons. The number of carbonyl (C=O) groups excluding carboxylic acids is 1. The minimum Gasteiger partial charge on any atom is -0.394 e. The fourth-order valence-corrected chi connectivity index (χ4v) is 5.36. The van der Waals surface area contributed by atoms with Crippen molar-refractivity contribution in [3.8, 4) is 11.5 Å². The van der Waals surface area contributed by atoms with Crippen molar-refractivity contribution in [2.24, 2.45) is 0 Å². The van der Waals surface area contributed by atoms with Gasteiger partial charge in [0.25, 0.3) is 0 Å². The second kappa shape index (κ2) is 21.5. The van der Waals surface area contributed by atoms with Crippen LogP contribution in [0.5, 0.6) is 11.5 Å². The van der Waals surface area contributed by atoms with Gasteiger partial charge >= 0.3 is 6.16 Å². The molecule has 3 heteroatoms. The van der Waals surface area contributed by atoms with E-state index >= 15 is 0 Å². The molecule has 0 aromatic heterocycles. The van der Waals surface area contributed by atoms with E-state index in [2.05, 4.69) is 52.0 Å². The summed E-state index contributed by atoms with van der Waals surface area (Å²) in [6.45, 7) is 8.97. The summed E-state index contributed by atoms with van der Waals surface area (Å²) >= 11 is 0. The summed E-state index contributed by atoms with van der Waals surface area (Å²) in [5.74, 6) is 1.30. The molecule has 0 N–H and O–H groups in total. The predicted octanol–water partition coefficient (Wildman–Crippen LogP) is 11.8. The Morgan fingerprint density at radius 3 is 1.18 bits per heavy atom. The van der Waals surface area contributed by atoms with Crippen LogP contribution in [0.15, 0.2) is 36.4 Å². The van der Waals surface area contributed by atoms with Crippen molar-refractivity contribution in [1.29, 1.82) is 0 Å². The smallest absolute Gasteiger partial charge is 0.394 e. The standard InChI is InChI=1S/C37H58O3/c1-5-9-13-17-21-31-25-27-35(33(29-31)23-19-15-11-7-3)39-37(38)40-36-28-26-32(22-18-14-10-6-2)30-34(36)24-20-16-12-8-4/h25-30H,5-24H2,1-4H3. The highest BCUT2D eigenvalue weighted by molar-refractivity contribution is 5.68. The summed E-state index contributed by atoms with van der Waals surface area (Å²) in [7, 11) is 0. The highest BCUT2D eigenvalue weighted by atomic mass is 16.7. The monoisotopic (exact) mass is 550 g/mol. The van der Waals surface area contributed by atoms with E-state index in [1.54, 1.807) is 0 Å². The first-order valence-corrected chi connectivity index (χ1v) is 16.7. The van der Waals surface area contributed by atoms with Gasteiger partial charge in [-0.05, 0) is 85.8 Å². The van der Waals surface area contributed by atoms with Gasteiger partial charge in [0.15, 0.2) is 0 Å². The first-order chi connectivity index (χ1) is 19.6. The van der Waals surface area contributed by atoms with Crippen molar-refractivity contribution in [2.75, 3.05) is 0 Å². The van der Waals surface area contributed by atoms with Gasteiger partial charge in [-0.25, -0.2) is 4.79 Å². The second-order valence-corrected chi connectivity index (χ2v) is 11.6. The topological polar surface area (TPSA) is 35.5 Å². The number of hydrogen-bond acceptors (Lipinski definition) is 3. The molecule has 40 heavy (non-hydrogen) atoms.